The predicted molar refractivity (Wildman–Crippen MR) is 178 cm³/mol. The lowest BCUT2D eigenvalue weighted by Crippen LogP contribution is -2.34. The molecular weight excluding hydrogens is 631 g/mol. The summed E-state index contributed by atoms with van der Waals surface area (Å²) < 4.78 is 8.14. The van der Waals surface area contributed by atoms with Gasteiger partial charge in [0.25, 0.3) is 11.1 Å². The fourth-order valence-electron chi connectivity index (χ4n) is 6.04. The number of imide groups is 1. The molecule has 3 atom stereocenters. The number of unbranched alkanes of at least 4 members (excludes halogenated alkanes) is 1. The summed E-state index contributed by atoms with van der Waals surface area (Å²) in [4.78, 5) is 55.5. The first-order valence-electron chi connectivity index (χ1n) is 15.4. The van der Waals surface area contributed by atoms with E-state index in [1.807, 2.05) is 55.9 Å². The molecule has 0 spiro atoms. The van der Waals surface area contributed by atoms with Crippen LogP contribution in [0.4, 0.5) is 4.79 Å². The van der Waals surface area contributed by atoms with E-state index >= 15 is 0 Å². The summed E-state index contributed by atoms with van der Waals surface area (Å²) in [5.74, 6) is 1.98. The van der Waals surface area contributed by atoms with Crippen molar-refractivity contribution < 1.29 is 23.6 Å². The van der Waals surface area contributed by atoms with Crippen LogP contribution in [0.25, 0.3) is 17.1 Å². The summed E-state index contributed by atoms with van der Waals surface area (Å²) in [5.41, 5.74) is 1.88. The quantitative estimate of drug-likeness (QED) is 0.169. The molecule has 2 aromatic heterocycles. The van der Waals surface area contributed by atoms with E-state index in [4.69, 9.17) is 9.40 Å². The Bertz CT molecular complexity index is 1630. The van der Waals surface area contributed by atoms with E-state index in [0.29, 0.717) is 58.9 Å². The fourth-order valence-corrected chi connectivity index (χ4v) is 9.53. The highest BCUT2D eigenvalue weighted by atomic mass is 32.2. The number of hydrogen-bond donors (Lipinski definition) is 2. The summed E-state index contributed by atoms with van der Waals surface area (Å²) in [6, 6.07) is 11.7. The lowest BCUT2D eigenvalue weighted by molar-refractivity contribution is -0.124. The van der Waals surface area contributed by atoms with Gasteiger partial charge in [-0.3, -0.25) is 24.1 Å². The maximum atomic E-state index is 12.6. The number of nitrogens with one attached hydrogen (secondary N) is 2. The number of carbonyl (C=O) groups excluding carboxylic acids is 4. The molecule has 3 aromatic rings. The fraction of sp³-hybridized carbons (Fsp3) is 0.469. The molecule has 6 rings (SSSR count). The van der Waals surface area contributed by atoms with Crippen LogP contribution in [-0.4, -0.2) is 67.0 Å². The van der Waals surface area contributed by atoms with Crippen LogP contribution in [0.2, 0.25) is 0 Å². The molecule has 1 aromatic carbocycles. The Labute approximate surface area is 274 Å². The molecule has 5 heterocycles. The molecule has 13 heteroatoms. The summed E-state index contributed by atoms with van der Waals surface area (Å²) in [7, 11) is 0. The predicted octanol–water partition coefficient (Wildman–Crippen LogP) is 5.91. The van der Waals surface area contributed by atoms with Gasteiger partial charge in [-0.15, -0.1) is 0 Å². The van der Waals surface area contributed by atoms with E-state index in [2.05, 4.69) is 15.2 Å². The molecule has 3 unspecified atom stereocenters. The van der Waals surface area contributed by atoms with Gasteiger partial charge in [0, 0.05) is 49.3 Å². The number of furan rings is 1. The molecule has 0 saturated carbocycles. The number of aromatic nitrogens is 2. The largest absolute Gasteiger partial charge is 0.450 e. The van der Waals surface area contributed by atoms with Crippen molar-refractivity contribution in [1.82, 2.24) is 25.1 Å². The van der Waals surface area contributed by atoms with Crippen LogP contribution in [0.5, 0.6) is 0 Å². The molecular formula is C32H37N5O5S3. The van der Waals surface area contributed by atoms with Crippen molar-refractivity contribution in [3.05, 3.63) is 47.1 Å². The molecule has 238 valence electrons. The molecule has 3 saturated heterocycles. The van der Waals surface area contributed by atoms with Crippen molar-refractivity contribution in [2.45, 2.75) is 86.5 Å². The first-order valence-corrected chi connectivity index (χ1v) is 18.1. The van der Waals surface area contributed by atoms with Crippen LogP contribution in [0.1, 0.15) is 58.1 Å². The third kappa shape index (κ3) is 7.30. The summed E-state index contributed by atoms with van der Waals surface area (Å²) in [5, 5.41) is 7.79. The molecule has 2 N–H and O–H groups in total. The number of carbonyl (C=O) groups is 4. The Morgan fingerprint density at radius 3 is 2.84 bits per heavy atom. The number of rotatable bonds is 13. The number of fused-ring (bicyclic) bond motifs is 2. The van der Waals surface area contributed by atoms with E-state index in [9.17, 15) is 19.2 Å². The van der Waals surface area contributed by atoms with Crippen molar-refractivity contribution in [2.24, 2.45) is 5.92 Å². The molecule has 3 aliphatic rings. The zero-order chi connectivity index (χ0) is 31.5. The first-order chi connectivity index (χ1) is 21.8. The zero-order valence-electron chi connectivity index (χ0n) is 25.3. The van der Waals surface area contributed by atoms with Crippen molar-refractivity contribution in [1.29, 1.82) is 0 Å². The number of imidazole rings is 1. The van der Waals surface area contributed by atoms with Gasteiger partial charge in [-0.05, 0) is 92.6 Å². The van der Waals surface area contributed by atoms with Crippen LogP contribution in [0.15, 0.2) is 56.0 Å². The van der Waals surface area contributed by atoms with Gasteiger partial charge >= 0.3 is 0 Å². The van der Waals surface area contributed by atoms with E-state index in [-0.39, 0.29) is 29.0 Å². The van der Waals surface area contributed by atoms with Crippen molar-refractivity contribution in [3.8, 4) is 0 Å². The number of aryl methyl sites for hydroxylation is 1. The number of nitrogens with zero attached hydrogens (tertiary/aromatic N) is 3. The van der Waals surface area contributed by atoms with Gasteiger partial charge in [0.1, 0.15) is 5.76 Å². The molecule has 45 heavy (non-hydrogen) atoms. The van der Waals surface area contributed by atoms with Gasteiger partial charge in [-0.25, -0.2) is 4.98 Å². The summed E-state index contributed by atoms with van der Waals surface area (Å²) in [6.45, 7) is 4.87. The SMILES string of the molecule is CC(C)N1C(=O)S/C(=C\c2ccc(Sc3nc4ccccc4n3CCCNC(=O)CCCCC3SCC4CC(=O)NC43)o2)C1=O. The summed E-state index contributed by atoms with van der Waals surface area (Å²) >= 11 is 4.28. The normalized spacial score (nSPS) is 22.3. The van der Waals surface area contributed by atoms with Crippen molar-refractivity contribution >= 4 is 75.4 Å². The monoisotopic (exact) mass is 667 g/mol. The molecule has 0 bridgehead atoms. The Hall–Kier alpha value is -3.16. The Morgan fingerprint density at radius 2 is 2.02 bits per heavy atom. The zero-order valence-corrected chi connectivity index (χ0v) is 27.8. The second-order valence-corrected chi connectivity index (χ2v) is 15.1. The highest BCUT2D eigenvalue weighted by Crippen LogP contribution is 2.40. The summed E-state index contributed by atoms with van der Waals surface area (Å²) in [6.07, 6.45) is 6.41. The maximum absolute atomic E-state index is 12.6. The Balaban J connectivity index is 0.991. The van der Waals surface area contributed by atoms with Crippen LogP contribution >= 0.6 is 35.3 Å². The number of amides is 4. The molecule has 0 aliphatic carbocycles. The Morgan fingerprint density at radius 1 is 1.18 bits per heavy atom. The van der Waals surface area contributed by atoms with E-state index in [1.165, 1.54) is 16.7 Å². The molecule has 3 fully saturated rings. The van der Waals surface area contributed by atoms with Crippen LogP contribution < -0.4 is 10.6 Å². The molecule has 4 amide bonds. The number of para-hydroxylation sites is 2. The minimum Gasteiger partial charge on any atom is -0.450 e. The second kappa shape index (κ2) is 14.1. The highest BCUT2D eigenvalue weighted by molar-refractivity contribution is 8.18. The topological polar surface area (TPSA) is 127 Å². The first kappa shape index (κ1) is 31.8. The van der Waals surface area contributed by atoms with Crippen molar-refractivity contribution in [2.75, 3.05) is 12.3 Å². The lowest BCUT2D eigenvalue weighted by Gasteiger charge is -2.17. The highest BCUT2D eigenvalue weighted by Gasteiger charge is 2.42. The van der Waals surface area contributed by atoms with Crippen LogP contribution in [-0.2, 0) is 20.9 Å². The van der Waals surface area contributed by atoms with Crippen LogP contribution in [0, 0.1) is 5.92 Å². The molecule has 3 aliphatic heterocycles. The molecule has 10 nitrogen and oxygen atoms in total. The van der Waals surface area contributed by atoms with Gasteiger partial charge in [-0.1, -0.05) is 18.6 Å². The van der Waals surface area contributed by atoms with Gasteiger partial charge in [0.15, 0.2) is 10.2 Å². The van der Waals surface area contributed by atoms with Gasteiger partial charge in [0.2, 0.25) is 11.8 Å². The van der Waals surface area contributed by atoms with Crippen LogP contribution in [0.3, 0.4) is 0 Å². The van der Waals surface area contributed by atoms with E-state index in [1.54, 1.807) is 12.1 Å². The molecule has 0 radical (unpaired) electrons. The number of thioether (sulfide) groups is 2. The average molecular weight is 668 g/mol. The average Bonchev–Trinajstić information content (AvgIpc) is 3.81. The number of benzene rings is 1. The standard InChI is InChI=1S/C32H37N5O5S3/c1-19(2)37-30(40)25(44-32(37)41)17-21-12-13-28(42-21)45-31-34-22-8-3-4-9-23(22)36(31)15-7-14-33-26(38)11-6-5-10-24-29-20(18-43-24)16-27(39)35-29/h3-4,8-9,12-13,17,19-20,24,29H,5-7,10-11,14-16,18H2,1-2H3,(H,33,38)(H,35,39)/b25-17-. The van der Waals surface area contributed by atoms with E-state index < -0.39 is 0 Å². The van der Waals surface area contributed by atoms with Crippen molar-refractivity contribution in [3.63, 3.8) is 0 Å². The number of hydrogen-bond acceptors (Lipinski definition) is 9. The lowest BCUT2D eigenvalue weighted by atomic mass is 9.97. The van der Waals surface area contributed by atoms with E-state index in [0.717, 1.165) is 59.4 Å². The van der Waals surface area contributed by atoms with Gasteiger partial charge in [-0.2, -0.15) is 11.8 Å². The second-order valence-electron chi connectivity index (χ2n) is 11.8. The minimum atomic E-state index is -0.305. The smallest absolute Gasteiger partial charge is 0.293 e. The third-order valence-electron chi connectivity index (χ3n) is 8.26. The van der Waals surface area contributed by atoms with Gasteiger partial charge < -0.3 is 19.6 Å². The van der Waals surface area contributed by atoms with Gasteiger partial charge in [0.05, 0.1) is 15.9 Å². The Kier molecular flexibility index (Phi) is 9.96. The third-order valence-corrected chi connectivity index (χ3v) is 11.6. The maximum Gasteiger partial charge on any atom is 0.293 e. The minimum absolute atomic E-state index is 0.0700.